The zero-order valence-electron chi connectivity index (χ0n) is 9.44. The Labute approximate surface area is 99.6 Å². The van der Waals surface area contributed by atoms with E-state index in [9.17, 15) is 9.59 Å². The van der Waals surface area contributed by atoms with Crippen LogP contribution < -0.4 is 5.32 Å². The van der Waals surface area contributed by atoms with Crippen LogP contribution in [0.5, 0.6) is 0 Å². The van der Waals surface area contributed by atoms with Gasteiger partial charge in [-0.05, 0) is 30.8 Å². The van der Waals surface area contributed by atoms with Crippen molar-refractivity contribution in [2.45, 2.75) is 13.3 Å². The highest BCUT2D eigenvalue weighted by atomic mass is 32.2. The molecule has 6 heteroatoms. The van der Waals surface area contributed by atoms with Crippen molar-refractivity contribution < 1.29 is 14.7 Å². The summed E-state index contributed by atoms with van der Waals surface area (Å²) in [5, 5.41) is 11.4. The van der Waals surface area contributed by atoms with Gasteiger partial charge in [0, 0.05) is 13.1 Å². The first kappa shape index (κ1) is 13.2. The van der Waals surface area contributed by atoms with E-state index in [1.165, 1.54) is 4.90 Å². The Morgan fingerprint density at radius 1 is 1.56 bits per heavy atom. The van der Waals surface area contributed by atoms with E-state index < -0.39 is 5.97 Å². The minimum Gasteiger partial charge on any atom is -0.480 e. The maximum atomic E-state index is 11.6. The monoisotopic (exact) mass is 246 g/mol. The van der Waals surface area contributed by atoms with Crippen LogP contribution in [0.4, 0.5) is 4.79 Å². The van der Waals surface area contributed by atoms with E-state index in [-0.39, 0.29) is 12.6 Å². The molecule has 0 aliphatic carbocycles. The average molecular weight is 246 g/mol. The molecule has 0 spiro atoms. The van der Waals surface area contributed by atoms with Gasteiger partial charge < -0.3 is 15.3 Å². The number of likely N-dealkylation sites (N-methyl/N-ethyl adjacent to an activating group) is 1. The Bertz CT molecular complexity index is 254. The molecule has 0 aromatic heterocycles. The number of hydrogen-bond donors (Lipinski definition) is 2. The van der Waals surface area contributed by atoms with Crippen molar-refractivity contribution in [3.05, 3.63) is 0 Å². The van der Waals surface area contributed by atoms with Gasteiger partial charge in [0.05, 0.1) is 0 Å². The zero-order valence-corrected chi connectivity index (χ0v) is 10.3. The van der Waals surface area contributed by atoms with Crippen molar-refractivity contribution in [2.24, 2.45) is 5.92 Å². The van der Waals surface area contributed by atoms with Gasteiger partial charge in [-0.3, -0.25) is 4.79 Å². The second kappa shape index (κ2) is 6.62. The Morgan fingerprint density at radius 2 is 2.31 bits per heavy atom. The van der Waals surface area contributed by atoms with Gasteiger partial charge in [0.15, 0.2) is 0 Å². The number of nitrogens with zero attached hydrogens (tertiary/aromatic N) is 1. The molecule has 1 heterocycles. The molecular formula is C10H18N2O3S. The minimum atomic E-state index is -0.978. The number of carboxylic acid groups (broad SMARTS) is 1. The molecular weight excluding hydrogens is 228 g/mol. The van der Waals surface area contributed by atoms with E-state index in [1.807, 2.05) is 11.8 Å². The highest BCUT2D eigenvalue weighted by Crippen LogP contribution is 2.22. The molecule has 0 aromatic carbocycles. The minimum absolute atomic E-state index is 0.234. The molecule has 1 unspecified atom stereocenters. The van der Waals surface area contributed by atoms with E-state index in [0.717, 1.165) is 17.9 Å². The number of rotatable bonds is 5. The number of hydrogen-bond acceptors (Lipinski definition) is 3. The second-order valence-corrected chi connectivity index (χ2v) is 4.97. The first-order valence-electron chi connectivity index (χ1n) is 5.45. The molecule has 1 aliphatic heterocycles. The number of urea groups is 1. The van der Waals surface area contributed by atoms with E-state index in [1.54, 1.807) is 6.92 Å². The quantitative estimate of drug-likeness (QED) is 0.754. The first-order chi connectivity index (χ1) is 7.63. The van der Waals surface area contributed by atoms with Crippen LogP contribution in [0.15, 0.2) is 0 Å². The number of carboxylic acids is 1. The number of carbonyl (C=O) groups excluding carboxylic acids is 1. The predicted octanol–water partition coefficient (Wildman–Crippen LogP) is 0.856. The smallest absolute Gasteiger partial charge is 0.323 e. The maximum Gasteiger partial charge on any atom is 0.323 e. The van der Waals surface area contributed by atoms with Gasteiger partial charge in [-0.15, -0.1) is 0 Å². The molecule has 2 N–H and O–H groups in total. The van der Waals surface area contributed by atoms with E-state index in [0.29, 0.717) is 19.0 Å². The number of thioether (sulfide) groups is 1. The normalized spacial score (nSPS) is 19.4. The van der Waals surface area contributed by atoms with Gasteiger partial charge >= 0.3 is 12.0 Å². The topological polar surface area (TPSA) is 69.6 Å². The summed E-state index contributed by atoms with van der Waals surface area (Å²) in [4.78, 5) is 23.4. The highest BCUT2D eigenvalue weighted by molar-refractivity contribution is 7.99. The van der Waals surface area contributed by atoms with Crippen molar-refractivity contribution in [1.29, 1.82) is 0 Å². The lowest BCUT2D eigenvalue weighted by Gasteiger charge is -2.20. The fourth-order valence-corrected chi connectivity index (χ4v) is 2.86. The molecule has 1 rings (SSSR count). The molecule has 1 aliphatic rings. The van der Waals surface area contributed by atoms with Crippen molar-refractivity contribution >= 4 is 23.8 Å². The van der Waals surface area contributed by atoms with E-state index in [2.05, 4.69) is 5.32 Å². The SMILES string of the molecule is CCN(CC(=O)O)C(=O)NCC1CCSC1. The van der Waals surface area contributed by atoms with Gasteiger partial charge in [0.1, 0.15) is 6.54 Å². The van der Waals surface area contributed by atoms with Crippen LogP contribution in [0.1, 0.15) is 13.3 Å². The van der Waals surface area contributed by atoms with Crippen molar-refractivity contribution in [3.8, 4) is 0 Å². The van der Waals surface area contributed by atoms with Crippen LogP contribution in [-0.4, -0.2) is 53.1 Å². The Kier molecular flexibility index (Phi) is 5.45. The summed E-state index contributed by atoms with van der Waals surface area (Å²) < 4.78 is 0. The summed E-state index contributed by atoms with van der Waals surface area (Å²) in [6.45, 7) is 2.61. The third kappa shape index (κ3) is 4.30. The fraction of sp³-hybridized carbons (Fsp3) is 0.800. The lowest BCUT2D eigenvalue weighted by Crippen LogP contribution is -2.44. The van der Waals surface area contributed by atoms with E-state index in [4.69, 9.17) is 5.11 Å². The summed E-state index contributed by atoms with van der Waals surface area (Å²) in [5.41, 5.74) is 0. The number of nitrogens with one attached hydrogen (secondary N) is 1. The fourth-order valence-electron chi connectivity index (χ4n) is 1.58. The van der Waals surface area contributed by atoms with Crippen molar-refractivity contribution in [2.75, 3.05) is 31.1 Å². The lowest BCUT2D eigenvalue weighted by atomic mass is 10.1. The van der Waals surface area contributed by atoms with Crippen LogP contribution in [0.3, 0.4) is 0 Å². The first-order valence-corrected chi connectivity index (χ1v) is 6.61. The van der Waals surface area contributed by atoms with Crippen LogP contribution in [0, 0.1) is 5.92 Å². The maximum absolute atomic E-state index is 11.6. The van der Waals surface area contributed by atoms with Crippen LogP contribution in [0.2, 0.25) is 0 Å². The number of aliphatic carboxylic acids is 1. The molecule has 0 saturated carbocycles. The Morgan fingerprint density at radius 3 is 2.81 bits per heavy atom. The molecule has 2 amide bonds. The van der Waals surface area contributed by atoms with Crippen LogP contribution in [-0.2, 0) is 4.79 Å². The number of carbonyl (C=O) groups is 2. The van der Waals surface area contributed by atoms with Crippen molar-refractivity contribution in [1.82, 2.24) is 10.2 Å². The van der Waals surface area contributed by atoms with Crippen LogP contribution in [0.25, 0.3) is 0 Å². The standard InChI is InChI=1S/C10H18N2O3S/c1-2-12(6-9(13)14)10(15)11-5-8-3-4-16-7-8/h8H,2-7H2,1H3,(H,11,15)(H,13,14). The van der Waals surface area contributed by atoms with Crippen LogP contribution >= 0.6 is 11.8 Å². The molecule has 1 atom stereocenters. The molecule has 1 fully saturated rings. The molecule has 0 radical (unpaired) electrons. The molecule has 0 bridgehead atoms. The van der Waals surface area contributed by atoms with Gasteiger partial charge in [-0.1, -0.05) is 0 Å². The Balaban J connectivity index is 2.28. The summed E-state index contributed by atoms with van der Waals surface area (Å²) in [6.07, 6.45) is 1.13. The summed E-state index contributed by atoms with van der Waals surface area (Å²) in [5.74, 6) is 1.81. The third-order valence-corrected chi connectivity index (χ3v) is 3.79. The van der Waals surface area contributed by atoms with Crippen molar-refractivity contribution in [3.63, 3.8) is 0 Å². The summed E-state index contributed by atoms with van der Waals surface area (Å²) >= 11 is 1.90. The predicted molar refractivity (Wildman–Crippen MR) is 63.7 cm³/mol. The van der Waals surface area contributed by atoms with Gasteiger partial charge in [0.25, 0.3) is 0 Å². The lowest BCUT2D eigenvalue weighted by molar-refractivity contribution is -0.137. The summed E-state index contributed by atoms with van der Waals surface area (Å²) in [6, 6.07) is -0.276. The molecule has 0 aromatic rings. The van der Waals surface area contributed by atoms with Gasteiger partial charge in [-0.25, -0.2) is 4.79 Å². The number of amides is 2. The average Bonchev–Trinajstić information content (AvgIpc) is 2.75. The van der Waals surface area contributed by atoms with Gasteiger partial charge in [0.2, 0.25) is 0 Å². The highest BCUT2D eigenvalue weighted by Gasteiger charge is 2.19. The molecule has 5 nitrogen and oxygen atoms in total. The van der Waals surface area contributed by atoms with E-state index >= 15 is 0 Å². The third-order valence-electron chi connectivity index (χ3n) is 2.56. The Hall–Kier alpha value is -0.910. The molecule has 16 heavy (non-hydrogen) atoms. The largest absolute Gasteiger partial charge is 0.480 e. The van der Waals surface area contributed by atoms with Gasteiger partial charge in [-0.2, -0.15) is 11.8 Å². The summed E-state index contributed by atoms with van der Waals surface area (Å²) in [7, 11) is 0. The zero-order chi connectivity index (χ0) is 12.0. The molecule has 92 valence electrons. The molecule has 1 saturated heterocycles. The second-order valence-electron chi connectivity index (χ2n) is 3.82.